The van der Waals surface area contributed by atoms with E-state index in [0.29, 0.717) is 18.9 Å². The molecule has 150 valence electrons. The highest BCUT2D eigenvalue weighted by atomic mass is 32.2. The zero-order chi connectivity index (χ0) is 19.2. The van der Waals surface area contributed by atoms with Crippen molar-refractivity contribution in [3.63, 3.8) is 0 Å². The fraction of sp³-hybridized carbons (Fsp3) is 0.889. The van der Waals surface area contributed by atoms with E-state index in [9.17, 15) is 9.59 Å². The van der Waals surface area contributed by atoms with Gasteiger partial charge in [-0.25, -0.2) is 4.79 Å². The Morgan fingerprint density at radius 3 is 2.50 bits per heavy atom. The normalized spacial score (nSPS) is 25.1. The summed E-state index contributed by atoms with van der Waals surface area (Å²) in [5.74, 6) is 2.41. The van der Waals surface area contributed by atoms with Crippen molar-refractivity contribution in [2.24, 2.45) is 5.92 Å². The summed E-state index contributed by atoms with van der Waals surface area (Å²) in [7, 11) is 3.44. The first-order valence-electron chi connectivity index (χ1n) is 9.50. The Kier molecular flexibility index (Phi) is 8.04. The van der Waals surface area contributed by atoms with Crippen molar-refractivity contribution in [3.05, 3.63) is 0 Å². The second-order valence-corrected chi connectivity index (χ2v) is 8.97. The summed E-state index contributed by atoms with van der Waals surface area (Å²) in [6.45, 7) is 8.06. The SMILES string of the molecule is CC(C)C[C@H](NC(=O)NC[C@@]1(N2CCOCC2)CCSC1)C(=O)N(C)C. The molecule has 0 radical (unpaired) electrons. The number of rotatable bonds is 7. The number of hydrogen-bond acceptors (Lipinski definition) is 5. The van der Waals surface area contributed by atoms with Crippen LogP contribution in [0.2, 0.25) is 0 Å². The molecular formula is C18H34N4O3S. The minimum Gasteiger partial charge on any atom is -0.379 e. The summed E-state index contributed by atoms with van der Waals surface area (Å²) in [4.78, 5) is 28.8. The number of ether oxygens (including phenoxy) is 1. The van der Waals surface area contributed by atoms with Gasteiger partial charge in [-0.2, -0.15) is 11.8 Å². The van der Waals surface area contributed by atoms with Crippen LogP contribution >= 0.6 is 11.8 Å². The fourth-order valence-corrected chi connectivity index (χ4v) is 5.07. The number of nitrogens with one attached hydrogen (secondary N) is 2. The minimum atomic E-state index is -0.484. The van der Waals surface area contributed by atoms with Crippen LogP contribution in [0, 0.1) is 5.92 Å². The summed E-state index contributed by atoms with van der Waals surface area (Å²) >= 11 is 1.94. The number of amides is 3. The second-order valence-electron chi connectivity index (χ2n) is 7.87. The van der Waals surface area contributed by atoms with E-state index in [0.717, 1.165) is 44.2 Å². The third-order valence-corrected chi connectivity index (χ3v) is 6.33. The lowest BCUT2D eigenvalue weighted by atomic mass is 9.95. The predicted octanol–water partition coefficient (Wildman–Crippen LogP) is 0.996. The van der Waals surface area contributed by atoms with Crippen LogP contribution in [0.15, 0.2) is 0 Å². The van der Waals surface area contributed by atoms with Crippen molar-refractivity contribution in [2.75, 3.05) is 58.4 Å². The molecule has 2 heterocycles. The van der Waals surface area contributed by atoms with Gasteiger partial charge in [0, 0.05) is 45.0 Å². The van der Waals surface area contributed by atoms with Gasteiger partial charge in [-0.3, -0.25) is 9.69 Å². The first kappa shape index (κ1) is 21.3. The number of nitrogens with zero attached hydrogens (tertiary/aromatic N) is 2. The Labute approximate surface area is 161 Å². The molecule has 2 aliphatic rings. The van der Waals surface area contributed by atoms with Crippen LogP contribution in [-0.2, 0) is 9.53 Å². The third kappa shape index (κ3) is 5.76. The molecule has 8 heteroatoms. The van der Waals surface area contributed by atoms with E-state index >= 15 is 0 Å². The van der Waals surface area contributed by atoms with Crippen molar-refractivity contribution < 1.29 is 14.3 Å². The zero-order valence-electron chi connectivity index (χ0n) is 16.5. The molecule has 0 bridgehead atoms. The highest BCUT2D eigenvalue weighted by Gasteiger charge is 2.41. The highest BCUT2D eigenvalue weighted by Crippen LogP contribution is 2.33. The van der Waals surface area contributed by atoms with Crippen LogP contribution in [0.25, 0.3) is 0 Å². The van der Waals surface area contributed by atoms with Crippen LogP contribution in [0.5, 0.6) is 0 Å². The van der Waals surface area contributed by atoms with E-state index in [1.807, 2.05) is 11.8 Å². The summed E-state index contributed by atoms with van der Waals surface area (Å²) in [6, 6.07) is -0.738. The molecule has 7 nitrogen and oxygen atoms in total. The monoisotopic (exact) mass is 386 g/mol. The number of likely N-dealkylation sites (N-methyl/N-ethyl adjacent to an activating group) is 1. The lowest BCUT2D eigenvalue weighted by molar-refractivity contribution is -0.131. The number of thioether (sulfide) groups is 1. The molecule has 2 atom stereocenters. The van der Waals surface area contributed by atoms with Gasteiger partial charge in [0.2, 0.25) is 5.91 Å². The van der Waals surface area contributed by atoms with Gasteiger partial charge in [0.15, 0.2) is 0 Å². The van der Waals surface area contributed by atoms with Gasteiger partial charge in [-0.15, -0.1) is 0 Å². The summed E-state index contributed by atoms with van der Waals surface area (Å²) in [5, 5.41) is 5.93. The third-order valence-electron chi connectivity index (χ3n) is 5.09. The molecule has 26 heavy (non-hydrogen) atoms. The average molecular weight is 387 g/mol. The summed E-state index contributed by atoms with van der Waals surface area (Å²) in [6.07, 6.45) is 1.71. The van der Waals surface area contributed by atoms with E-state index in [2.05, 4.69) is 29.4 Å². The molecule has 2 saturated heterocycles. The molecule has 3 amide bonds. The van der Waals surface area contributed by atoms with Gasteiger partial charge in [-0.05, 0) is 24.5 Å². The van der Waals surface area contributed by atoms with Crippen LogP contribution in [0.1, 0.15) is 26.7 Å². The van der Waals surface area contributed by atoms with E-state index in [4.69, 9.17) is 4.74 Å². The minimum absolute atomic E-state index is 0.00485. The number of carbonyl (C=O) groups is 2. The van der Waals surface area contributed by atoms with Crippen LogP contribution in [0.3, 0.4) is 0 Å². The maximum atomic E-state index is 12.5. The Morgan fingerprint density at radius 2 is 1.96 bits per heavy atom. The van der Waals surface area contributed by atoms with Crippen LogP contribution in [-0.4, -0.2) is 91.8 Å². The largest absolute Gasteiger partial charge is 0.379 e. The first-order chi connectivity index (χ1) is 12.3. The molecule has 0 unspecified atom stereocenters. The first-order valence-corrected chi connectivity index (χ1v) is 10.7. The fourth-order valence-electron chi connectivity index (χ4n) is 3.59. The van der Waals surface area contributed by atoms with E-state index in [1.165, 1.54) is 4.90 Å². The molecule has 2 N–H and O–H groups in total. The van der Waals surface area contributed by atoms with Gasteiger partial charge in [0.25, 0.3) is 0 Å². The van der Waals surface area contributed by atoms with Gasteiger partial charge < -0.3 is 20.3 Å². The van der Waals surface area contributed by atoms with Crippen molar-refractivity contribution in [1.29, 1.82) is 0 Å². The van der Waals surface area contributed by atoms with Crippen LogP contribution < -0.4 is 10.6 Å². The van der Waals surface area contributed by atoms with E-state index < -0.39 is 6.04 Å². The maximum absolute atomic E-state index is 12.5. The quantitative estimate of drug-likeness (QED) is 0.683. The lowest BCUT2D eigenvalue weighted by Crippen LogP contribution is -2.60. The molecule has 2 aliphatic heterocycles. The molecule has 0 saturated carbocycles. The van der Waals surface area contributed by atoms with Gasteiger partial charge >= 0.3 is 6.03 Å². The molecule has 2 fully saturated rings. The molecule has 0 aromatic heterocycles. The predicted molar refractivity (Wildman–Crippen MR) is 106 cm³/mol. The van der Waals surface area contributed by atoms with E-state index in [1.54, 1.807) is 14.1 Å². The van der Waals surface area contributed by atoms with Crippen molar-refractivity contribution in [2.45, 2.75) is 38.3 Å². The van der Waals surface area contributed by atoms with Crippen LogP contribution in [0.4, 0.5) is 4.79 Å². The van der Waals surface area contributed by atoms with E-state index in [-0.39, 0.29) is 17.5 Å². The number of morpholine rings is 1. The van der Waals surface area contributed by atoms with Gasteiger partial charge in [0.05, 0.1) is 13.2 Å². The topological polar surface area (TPSA) is 73.9 Å². The molecule has 0 aromatic rings. The van der Waals surface area contributed by atoms with Crippen molar-refractivity contribution >= 4 is 23.7 Å². The summed E-state index contributed by atoms with van der Waals surface area (Å²) < 4.78 is 5.48. The molecule has 2 rings (SSSR count). The highest BCUT2D eigenvalue weighted by molar-refractivity contribution is 7.99. The molecule has 0 spiro atoms. The molecular weight excluding hydrogens is 352 g/mol. The Balaban J connectivity index is 1.93. The Bertz CT molecular complexity index is 475. The lowest BCUT2D eigenvalue weighted by Gasteiger charge is -2.43. The molecule has 0 aliphatic carbocycles. The zero-order valence-corrected chi connectivity index (χ0v) is 17.4. The molecule has 0 aromatic carbocycles. The Morgan fingerprint density at radius 1 is 1.27 bits per heavy atom. The van der Waals surface area contributed by atoms with Crippen molar-refractivity contribution in [1.82, 2.24) is 20.4 Å². The smallest absolute Gasteiger partial charge is 0.315 e. The maximum Gasteiger partial charge on any atom is 0.315 e. The summed E-state index contributed by atoms with van der Waals surface area (Å²) in [5.41, 5.74) is 0.00485. The van der Waals surface area contributed by atoms with Crippen molar-refractivity contribution in [3.8, 4) is 0 Å². The standard InChI is InChI=1S/C18H34N4O3S/c1-14(2)11-15(16(23)21(3)4)20-17(24)19-12-18(5-10-26-13-18)22-6-8-25-9-7-22/h14-15H,5-13H2,1-4H3,(H2,19,20,24)/t15-,18-/m0/s1. The van der Waals surface area contributed by atoms with Gasteiger partial charge in [-0.1, -0.05) is 13.8 Å². The second kappa shape index (κ2) is 9.80. The number of carbonyl (C=O) groups excluding carboxylic acids is 2. The number of hydrogen-bond donors (Lipinski definition) is 2. The average Bonchev–Trinajstić information content (AvgIpc) is 3.09. The number of urea groups is 1. The Hall–Kier alpha value is -0.990. The van der Waals surface area contributed by atoms with Gasteiger partial charge in [0.1, 0.15) is 6.04 Å².